The second kappa shape index (κ2) is 4.73. The molecule has 3 rings (SSSR count). The maximum Gasteiger partial charge on any atom is 0.278 e. The largest absolute Gasteiger partial charge is 0.494 e. The molecule has 21 heavy (non-hydrogen) atoms. The van der Waals surface area contributed by atoms with Crippen LogP contribution in [0.4, 0.5) is 4.39 Å². The predicted octanol–water partition coefficient (Wildman–Crippen LogP) is 2.65. The number of ether oxygens (including phenoxy) is 1. The fourth-order valence-corrected chi connectivity index (χ4v) is 2.47. The van der Waals surface area contributed by atoms with E-state index in [4.69, 9.17) is 9.15 Å². The summed E-state index contributed by atoms with van der Waals surface area (Å²) in [6, 6.07) is 4.35. The van der Waals surface area contributed by atoms with Crippen LogP contribution in [0.25, 0.3) is 22.1 Å². The second-order valence-corrected chi connectivity index (χ2v) is 4.68. The molecule has 3 aromatic rings. The van der Waals surface area contributed by atoms with Crippen LogP contribution in [0, 0.1) is 12.7 Å². The van der Waals surface area contributed by atoms with Gasteiger partial charge in [0.25, 0.3) is 5.56 Å². The fraction of sp³-hybridized carbons (Fsp3) is 0.200. The van der Waals surface area contributed by atoms with Crippen molar-refractivity contribution in [1.29, 1.82) is 0 Å². The minimum absolute atomic E-state index is 0.312. The van der Waals surface area contributed by atoms with Gasteiger partial charge in [-0.25, -0.2) is 9.07 Å². The van der Waals surface area contributed by atoms with Crippen molar-refractivity contribution in [3.8, 4) is 16.9 Å². The van der Waals surface area contributed by atoms with Crippen molar-refractivity contribution in [2.75, 3.05) is 7.11 Å². The van der Waals surface area contributed by atoms with Crippen molar-refractivity contribution in [2.24, 2.45) is 7.05 Å². The van der Waals surface area contributed by atoms with Gasteiger partial charge in [0.15, 0.2) is 5.75 Å². The monoisotopic (exact) mass is 288 g/mol. The Morgan fingerprint density at radius 2 is 2.10 bits per heavy atom. The Balaban J connectivity index is 2.46. The van der Waals surface area contributed by atoms with Gasteiger partial charge in [0.05, 0.1) is 24.3 Å². The zero-order valence-corrected chi connectivity index (χ0v) is 11.8. The van der Waals surface area contributed by atoms with Crippen LogP contribution in [0.1, 0.15) is 5.69 Å². The molecule has 0 unspecified atom stereocenters. The SMILES string of the molecule is COc1c(C)nn(C)c(=O)c1-c1ccc(F)c2ccoc12. The van der Waals surface area contributed by atoms with E-state index in [0.717, 1.165) is 0 Å². The van der Waals surface area contributed by atoms with Crippen molar-refractivity contribution in [3.05, 3.63) is 46.3 Å². The first-order valence-corrected chi connectivity index (χ1v) is 6.32. The summed E-state index contributed by atoms with van der Waals surface area (Å²) in [5.41, 5.74) is 1.35. The highest BCUT2D eigenvalue weighted by Gasteiger charge is 2.20. The summed E-state index contributed by atoms with van der Waals surface area (Å²) in [7, 11) is 3.02. The number of aryl methyl sites for hydroxylation is 2. The van der Waals surface area contributed by atoms with Crippen LogP contribution in [0.3, 0.4) is 0 Å². The molecule has 0 N–H and O–H groups in total. The lowest BCUT2D eigenvalue weighted by Gasteiger charge is -2.12. The van der Waals surface area contributed by atoms with Gasteiger partial charge < -0.3 is 9.15 Å². The normalized spacial score (nSPS) is 11.0. The Morgan fingerprint density at radius 3 is 2.81 bits per heavy atom. The first kappa shape index (κ1) is 13.4. The van der Waals surface area contributed by atoms with Crippen LogP contribution in [-0.2, 0) is 7.05 Å². The average Bonchev–Trinajstić information content (AvgIpc) is 2.94. The Bertz CT molecular complexity index is 896. The zero-order chi connectivity index (χ0) is 15.1. The van der Waals surface area contributed by atoms with E-state index in [0.29, 0.717) is 33.5 Å². The van der Waals surface area contributed by atoms with Crippen LogP contribution in [0.2, 0.25) is 0 Å². The number of aromatic nitrogens is 2. The summed E-state index contributed by atoms with van der Waals surface area (Å²) in [4.78, 5) is 12.4. The van der Waals surface area contributed by atoms with Gasteiger partial charge in [-0.1, -0.05) is 0 Å². The molecule has 1 aromatic carbocycles. The van der Waals surface area contributed by atoms with E-state index in [1.54, 1.807) is 14.0 Å². The molecule has 0 aliphatic heterocycles. The second-order valence-electron chi connectivity index (χ2n) is 4.68. The van der Waals surface area contributed by atoms with Gasteiger partial charge in [0.1, 0.15) is 17.1 Å². The molecule has 0 aliphatic rings. The third kappa shape index (κ3) is 1.91. The average molecular weight is 288 g/mol. The number of hydrogen-bond acceptors (Lipinski definition) is 4. The standard InChI is InChI=1S/C15H13FN2O3/c1-8-13(20-3)12(15(19)18(2)17-8)10-4-5-11(16)9-6-7-21-14(9)10/h4-7H,1-3H3. The number of nitrogens with zero attached hydrogens (tertiary/aromatic N) is 2. The molecule has 0 saturated heterocycles. The molecular formula is C15H13FN2O3. The predicted molar refractivity (Wildman–Crippen MR) is 75.9 cm³/mol. The van der Waals surface area contributed by atoms with Crippen molar-refractivity contribution in [1.82, 2.24) is 9.78 Å². The number of halogens is 1. The van der Waals surface area contributed by atoms with E-state index in [1.807, 2.05) is 0 Å². The summed E-state index contributed by atoms with van der Waals surface area (Å²) in [6.07, 6.45) is 1.39. The number of hydrogen-bond donors (Lipinski definition) is 0. The van der Waals surface area contributed by atoms with E-state index < -0.39 is 5.82 Å². The fourth-order valence-electron chi connectivity index (χ4n) is 2.47. The summed E-state index contributed by atoms with van der Waals surface area (Å²) in [5.74, 6) is -0.0357. The lowest BCUT2D eigenvalue weighted by Crippen LogP contribution is -2.23. The molecular weight excluding hydrogens is 275 g/mol. The number of fused-ring (bicyclic) bond motifs is 1. The van der Waals surface area contributed by atoms with E-state index in [2.05, 4.69) is 5.10 Å². The van der Waals surface area contributed by atoms with Gasteiger partial charge in [-0.3, -0.25) is 4.79 Å². The molecule has 0 amide bonds. The van der Waals surface area contributed by atoms with E-state index in [9.17, 15) is 9.18 Å². The van der Waals surface area contributed by atoms with Crippen LogP contribution < -0.4 is 10.3 Å². The first-order chi connectivity index (χ1) is 10.0. The molecule has 5 nitrogen and oxygen atoms in total. The quantitative estimate of drug-likeness (QED) is 0.727. The number of furan rings is 1. The smallest absolute Gasteiger partial charge is 0.278 e. The molecule has 0 bridgehead atoms. The van der Waals surface area contributed by atoms with Crippen LogP contribution in [0.15, 0.2) is 33.7 Å². The minimum Gasteiger partial charge on any atom is -0.494 e. The summed E-state index contributed by atoms with van der Waals surface area (Å²) in [6.45, 7) is 1.74. The highest BCUT2D eigenvalue weighted by Crippen LogP contribution is 2.35. The number of rotatable bonds is 2. The van der Waals surface area contributed by atoms with E-state index >= 15 is 0 Å². The molecule has 0 radical (unpaired) electrons. The molecule has 2 heterocycles. The molecule has 0 saturated carbocycles. The topological polar surface area (TPSA) is 57.3 Å². The highest BCUT2D eigenvalue weighted by molar-refractivity contribution is 5.94. The lowest BCUT2D eigenvalue weighted by molar-refractivity contribution is 0.405. The van der Waals surface area contributed by atoms with Gasteiger partial charge in [-0.05, 0) is 25.1 Å². The van der Waals surface area contributed by atoms with Crippen LogP contribution in [0.5, 0.6) is 5.75 Å². The zero-order valence-electron chi connectivity index (χ0n) is 11.8. The van der Waals surface area contributed by atoms with Crippen molar-refractivity contribution < 1.29 is 13.5 Å². The lowest BCUT2D eigenvalue weighted by atomic mass is 10.0. The third-order valence-corrected chi connectivity index (χ3v) is 3.40. The maximum atomic E-state index is 13.8. The van der Waals surface area contributed by atoms with Gasteiger partial charge >= 0.3 is 0 Å². The first-order valence-electron chi connectivity index (χ1n) is 6.32. The van der Waals surface area contributed by atoms with Gasteiger partial charge in [-0.15, -0.1) is 0 Å². The highest BCUT2D eigenvalue weighted by atomic mass is 19.1. The molecule has 6 heteroatoms. The van der Waals surface area contributed by atoms with E-state index in [-0.39, 0.29) is 5.56 Å². The van der Waals surface area contributed by atoms with E-state index in [1.165, 1.54) is 36.3 Å². The summed E-state index contributed by atoms with van der Waals surface area (Å²) < 4.78 is 25.7. The molecule has 0 aliphatic carbocycles. The van der Waals surface area contributed by atoms with Gasteiger partial charge in [-0.2, -0.15) is 5.10 Å². The molecule has 0 spiro atoms. The van der Waals surface area contributed by atoms with Crippen LogP contribution >= 0.6 is 0 Å². The van der Waals surface area contributed by atoms with Gasteiger partial charge in [0, 0.05) is 12.6 Å². The van der Waals surface area contributed by atoms with Crippen molar-refractivity contribution in [2.45, 2.75) is 6.92 Å². The molecule has 108 valence electrons. The minimum atomic E-state index is -0.399. The number of benzene rings is 1. The number of methoxy groups -OCH3 is 1. The van der Waals surface area contributed by atoms with Crippen molar-refractivity contribution >= 4 is 11.0 Å². The third-order valence-electron chi connectivity index (χ3n) is 3.40. The summed E-state index contributed by atoms with van der Waals surface area (Å²) >= 11 is 0. The Labute approximate surface area is 119 Å². The Morgan fingerprint density at radius 1 is 1.33 bits per heavy atom. The Hall–Kier alpha value is -2.63. The van der Waals surface area contributed by atoms with Gasteiger partial charge in [0.2, 0.25) is 0 Å². The van der Waals surface area contributed by atoms with Crippen LogP contribution in [-0.4, -0.2) is 16.9 Å². The molecule has 2 aromatic heterocycles. The van der Waals surface area contributed by atoms with Crippen molar-refractivity contribution in [3.63, 3.8) is 0 Å². The Kier molecular flexibility index (Phi) is 3.01. The molecule has 0 fully saturated rings. The summed E-state index contributed by atoms with van der Waals surface area (Å²) in [5, 5.41) is 4.41. The maximum absolute atomic E-state index is 13.8. The molecule has 0 atom stereocenters.